The van der Waals surface area contributed by atoms with Crippen molar-refractivity contribution in [3.63, 3.8) is 0 Å². The van der Waals surface area contributed by atoms with Crippen LogP contribution in [-0.2, 0) is 16.0 Å². The third-order valence-electron chi connectivity index (χ3n) is 7.13. The predicted molar refractivity (Wildman–Crippen MR) is 151 cm³/mol. The molecule has 0 saturated carbocycles. The number of hydrogen-bond acceptors (Lipinski definition) is 9. The number of aliphatic hydroxyl groups excluding tert-OH is 1. The number of carbonyl (C=O) groups is 2. The average Bonchev–Trinajstić information content (AvgIpc) is 3.63. The first-order valence-electron chi connectivity index (χ1n) is 12.6. The second-order valence-corrected chi connectivity index (χ2v) is 10.6. The highest BCUT2D eigenvalue weighted by atomic mass is 32.1. The fourth-order valence-corrected chi connectivity index (χ4v) is 6.24. The van der Waals surface area contributed by atoms with Crippen LogP contribution in [0.1, 0.15) is 29.7 Å². The van der Waals surface area contributed by atoms with Crippen LogP contribution in [0.5, 0.6) is 23.0 Å². The largest absolute Gasteiger partial charge is 0.507 e. The number of fused-ring (bicyclic) bond motifs is 2. The van der Waals surface area contributed by atoms with E-state index in [1.807, 2.05) is 13.0 Å². The third-order valence-corrected chi connectivity index (χ3v) is 8.15. The second-order valence-electron chi connectivity index (χ2n) is 9.57. The van der Waals surface area contributed by atoms with Crippen molar-refractivity contribution in [3.8, 4) is 23.0 Å². The van der Waals surface area contributed by atoms with Crippen LogP contribution in [0.25, 0.3) is 16.0 Å². The molecule has 40 heavy (non-hydrogen) atoms. The average molecular weight is 559 g/mol. The van der Waals surface area contributed by atoms with E-state index in [-0.39, 0.29) is 17.4 Å². The minimum absolute atomic E-state index is 0.0161. The van der Waals surface area contributed by atoms with Gasteiger partial charge in [0.2, 0.25) is 0 Å². The Morgan fingerprint density at radius 3 is 2.55 bits per heavy atom. The molecular weight excluding hydrogens is 532 g/mol. The molecule has 10 heteroatoms. The van der Waals surface area contributed by atoms with Gasteiger partial charge < -0.3 is 24.1 Å². The topological polar surface area (TPSA) is 107 Å². The maximum Gasteiger partial charge on any atom is 0.301 e. The van der Waals surface area contributed by atoms with Crippen molar-refractivity contribution in [2.75, 3.05) is 26.2 Å². The van der Waals surface area contributed by atoms with Crippen molar-refractivity contribution < 1.29 is 33.6 Å². The summed E-state index contributed by atoms with van der Waals surface area (Å²) in [4.78, 5) is 33.3. The number of ketones is 1. The molecule has 2 unspecified atom stereocenters. The molecule has 0 bridgehead atoms. The second kappa shape index (κ2) is 9.87. The van der Waals surface area contributed by atoms with Crippen molar-refractivity contribution in [2.45, 2.75) is 25.5 Å². The highest BCUT2D eigenvalue weighted by molar-refractivity contribution is 7.22. The molecule has 204 valence electrons. The van der Waals surface area contributed by atoms with Gasteiger partial charge in [-0.25, -0.2) is 4.98 Å². The number of aliphatic hydroxyl groups is 1. The number of nitrogens with zero attached hydrogens (tertiary/aromatic N) is 2. The lowest BCUT2D eigenvalue weighted by Gasteiger charge is -2.23. The van der Waals surface area contributed by atoms with Crippen LogP contribution in [-0.4, -0.2) is 49.2 Å². The summed E-state index contributed by atoms with van der Waals surface area (Å²) < 4.78 is 22.8. The SMILES string of the molecule is COc1ccc2nc(N3C(=O)C(=O)/C(=C(/O)c4ccc5c(c4)CC(C)O5)C3c3ccc(OC)c(OC)c3)sc2c1. The molecule has 1 saturated heterocycles. The molecule has 1 amide bonds. The number of hydrogen-bond donors (Lipinski definition) is 1. The van der Waals surface area contributed by atoms with Gasteiger partial charge >= 0.3 is 5.91 Å². The van der Waals surface area contributed by atoms with E-state index < -0.39 is 17.7 Å². The van der Waals surface area contributed by atoms with Crippen LogP contribution in [0.3, 0.4) is 0 Å². The first kappa shape index (κ1) is 25.7. The number of Topliss-reactive ketones (excluding diaryl/α,β-unsaturated/α-hetero) is 1. The van der Waals surface area contributed by atoms with E-state index in [9.17, 15) is 14.7 Å². The summed E-state index contributed by atoms with van der Waals surface area (Å²) in [5.41, 5.74) is 2.51. The minimum Gasteiger partial charge on any atom is -0.507 e. The van der Waals surface area contributed by atoms with Crippen molar-refractivity contribution >= 4 is 44.1 Å². The summed E-state index contributed by atoms with van der Waals surface area (Å²) in [5, 5.41) is 11.9. The summed E-state index contributed by atoms with van der Waals surface area (Å²) in [6, 6.07) is 14.8. The summed E-state index contributed by atoms with van der Waals surface area (Å²) >= 11 is 1.26. The van der Waals surface area contributed by atoms with Crippen LogP contribution >= 0.6 is 11.3 Å². The van der Waals surface area contributed by atoms with E-state index in [0.717, 1.165) is 16.0 Å². The molecule has 2 aliphatic rings. The normalized spacial score (nSPS) is 19.6. The number of aromatic nitrogens is 1. The number of anilines is 1. The van der Waals surface area contributed by atoms with Gasteiger partial charge in [0.25, 0.3) is 5.78 Å². The van der Waals surface area contributed by atoms with Crippen LogP contribution in [0, 0.1) is 0 Å². The fourth-order valence-electron chi connectivity index (χ4n) is 5.22. The van der Waals surface area contributed by atoms with Crippen LogP contribution < -0.4 is 23.8 Å². The molecule has 4 aromatic rings. The van der Waals surface area contributed by atoms with Crippen molar-refractivity contribution in [1.29, 1.82) is 0 Å². The summed E-state index contributed by atoms with van der Waals surface area (Å²) in [7, 11) is 4.61. The van der Waals surface area contributed by atoms with Gasteiger partial charge in [-0.05, 0) is 66.6 Å². The highest BCUT2D eigenvalue weighted by Gasteiger charge is 2.48. The van der Waals surface area contributed by atoms with E-state index in [0.29, 0.717) is 45.4 Å². The molecule has 1 aromatic heterocycles. The Balaban J connectivity index is 1.55. The monoisotopic (exact) mass is 558 g/mol. The van der Waals surface area contributed by atoms with Gasteiger partial charge in [-0.2, -0.15) is 0 Å². The minimum atomic E-state index is -0.967. The number of thiazole rings is 1. The lowest BCUT2D eigenvalue weighted by molar-refractivity contribution is -0.132. The molecule has 2 atom stereocenters. The van der Waals surface area contributed by atoms with Gasteiger partial charge in [-0.3, -0.25) is 14.5 Å². The molecule has 9 nitrogen and oxygen atoms in total. The van der Waals surface area contributed by atoms with Gasteiger partial charge in [-0.15, -0.1) is 0 Å². The van der Waals surface area contributed by atoms with Crippen molar-refractivity contribution in [3.05, 3.63) is 76.9 Å². The van der Waals surface area contributed by atoms with E-state index in [4.69, 9.17) is 18.9 Å². The first-order valence-corrected chi connectivity index (χ1v) is 13.4. The van der Waals surface area contributed by atoms with E-state index in [1.54, 1.807) is 55.6 Å². The van der Waals surface area contributed by atoms with Gasteiger partial charge in [0.15, 0.2) is 16.6 Å². The maximum atomic E-state index is 13.6. The Morgan fingerprint density at radius 1 is 1.00 bits per heavy atom. The zero-order valence-corrected chi connectivity index (χ0v) is 23.1. The molecule has 1 fully saturated rings. The molecule has 2 aliphatic heterocycles. The Bertz CT molecular complexity index is 1710. The standard InChI is InChI=1S/C30H26N2O7S/c1-15-11-18-12-17(6-9-21(18)39-15)27(33)25-26(16-5-10-22(37-3)23(13-16)38-4)32(29(35)28(25)34)30-31-20-8-7-19(36-2)14-24(20)40-30/h5-10,12-15,26,33H,11H2,1-4H3/b27-25+. The first-order chi connectivity index (χ1) is 19.3. The zero-order valence-electron chi connectivity index (χ0n) is 22.3. The Morgan fingerprint density at radius 2 is 1.80 bits per heavy atom. The Kier molecular flexibility index (Phi) is 6.34. The van der Waals surface area contributed by atoms with Crippen LogP contribution in [0.2, 0.25) is 0 Å². The number of amides is 1. The molecule has 0 spiro atoms. The maximum absolute atomic E-state index is 13.6. The van der Waals surface area contributed by atoms with Crippen molar-refractivity contribution in [2.24, 2.45) is 0 Å². The summed E-state index contributed by atoms with van der Waals surface area (Å²) in [6.45, 7) is 1.97. The number of carbonyl (C=O) groups excluding carboxylic acids is 2. The summed E-state index contributed by atoms with van der Waals surface area (Å²) in [6.07, 6.45) is 0.696. The van der Waals surface area contributed by atoms with Gasteiger partial charge in [0, 0.05) is 12.0 Å². The van der Waals surface area contributed by atoms with Gasteiger partial charge in [0.05, 0.1) is 43.2 Å². The Hall–Kier alpha value is -4.57. The van der Waals surface area contributed by atoms with Crippen molar-refractivity contribution in [1.82, 2.24) is 4.98 Å². The molecule has 3 heterocycles. The summed E-state index contributed by atoms with van der Waals surface area (Å²) in [5.74, 6) is 0.434. The number of benzene rings is 3. The molecule has 0 aliphatic carbocycles. The number of methoxy groups -OCH3 is 3. The number of rotatable bonds is 6. The highest BCUT2D eigenvalue weighted by Crippen LogP contribution is 2.46. The molecule has 0 radical (unpaired) electrons. The zero-order chi connectivity index (χ0) is 28.1. The van der Waals surface area contributed by atoms with E-state index in [2.05, 4.69) is 4.98 Å². The van der Waals surface area contributed by atoms with Crippen LogP contribution in [0.15, 0.2) is 60.2 Å². The molecular formula is C30H26N2O7S. The molecule has 1 N–H and O–H groups in total. The fraction of sp³-hybridized carbons (Fsp3) is 0.233. The quantitative estimate of drug-likeness (QED) is 0.194. The molecule has 3 aromatic carbocycles. The molecule has 6 rings (SSSR count). The van der Waals surface area contributed by atoms with Gasteiger partial charge in [-0.1, -0.05) is 17.4 Å². The smallest absolute Gasteiger partial charge is 0.301 e. The lowest BCUT2D eigenvalue weighted by Crippen LogP contribution is -2.29. The van der Waals surface area contributed by atoms with Gasteiger partial charge in [0.1, 0.15) is 23.4 Å². The Labute approximate surface area is 234 Å². The predicted octanol–water partition coefficient (Wildman–Crippen LogP) is 5.27. The third kappa shape index (κ3) is 4.12. The van der Waals surface area contributed by atoms with Crippen LogP contribution in [0.4, 0.5) is 5.13 Å². The van der Waals surface area contributed by atoms with E-state index in [1.165, 1.54) is 30.5 Å². The lowest BCUT2D eigenvalue weighted by atomic mass is 9.94. The van der Waals surface area contributed by atoms with E-state index >= 15 is 0 Å². The number of ether oxygens (including phenoxy) is 4.